The first kappa shape index (κ1) is 15.2. The van der Waals surface area contributed by atoms with Gasteiger partial charge in [-0.1, -0.05) is 44.0 Å². The number of aliphatic hydroxyl groups is 1. The molecule has 1 atom stereocenters. The summed E-state index contributed by atoms with van der Waals surface area (Å²) in [6.07, 6.45) is 2.76. The van der Waals surface area contributed by atoms with Crippen molar-refractivity contribution in [3.63, 3.8) is 0 Å². The van der Waals surface area contributed by atoms with Gasteiger partial charge in [-0.05, 0) is 53.8 Å². The number of hydrogen-bond donors (Lipinski definition) is 1. The Morgan fingerprint density at radius 1 is 1.10 bits per heavy atom. The zero-order valence-corrected chi connectivity index (χ0v) is 14.5. The molecule has 1 aliphatic rings. The van der Waals surface area contributed by atoms with Crippen molar-refractivity contribution in [2.24, 2.45) is 0 Å². The van der Waals surface area contributed by atoms with Gasteiger partial charge in [0.15, 0.2) is 0 Å². The lowest BCUT2D eigenvalue weighted by Gasteiger charge is -2.34. The van der Waals surface area contributed by atoms with Crippen LogP contribution < -0.4 is 0 Å². The van der Waals surface area contributed by atoms with Gasteiger partial charge in [0.05, 0.1) is 5.60 Å². The SMILES string of the molecule is OC1(Cc2ccc(F)cc2Br)CCc2cc(Br)ccc2C1. The summed E-state index contributed by atoms with van der Waals surface area (Å²) in [5.74, 6) is -0.267. The van der Waals surface area contributed by atoms with E-state index in [1.165, 1.54) is 23.3 Å². The fourth-order valence-corrected chi connectivity index (χ4v) is 3.88. The summed E-state index contributed by atoms with van der Waals surface area (Å²) in [5, 5.41) is 10.9. The first-order valence-corrected chi connectivity index (χ1v) is 8.47. The van der Waals surface area contributed by atoms with Crippen LogP contribution in [0.2, 0.25) is 0 Å². The maximum absolute atomic E-state index is 13.2. The third kappa shape index (κ3) is 3.38. The molecule has 0 amide bonds. The monoisotopic (exact) mass is 412 g/mol. The van der Waals surface area contributed by atoms with E-state index in [9.17, 15) is 9.50 Å². The van der Waals surface area contributed by atoms with Crippen LogP contribution in [-0.4, -0.2) is 10.7 Å². The quantitative estimate of drug-likeness (QED) is 0.748. The molecule has 2 aromatic carbocycles. The molecule has 0 aromatic heterocycles. The number of aryl methyl sites for hydroxylation is 1. The minimum Gasteiger partial charge on any atom is -0.389 e. The Kier molecular flexibility index (Phi) is 4.21. The zero-order chi connectivity index (χ0) is 15.0. The number of benzene rings is 2. The van der Waals surface area contributed by atoms with E-state index in [2.05, 4.69) is 44.0 Å². The molecule has 0 radical (unpaired) electrons. The summed E-state index contributed by atoms with van der Waals surface area (Å²) >= 11 is 6.87. The maximum atomic E-state index is 13.2. The molecule has 0 saturated carbocycles. The van der Waals surface area contributed by atoms with Crippen LogP contribution in [0.15, 0.2) is 45.3 Å². The molecule has 1 nitrogen and oxygen atoms in total. The van der Waals surface area contributed by atoms with Crippen LogP contribution >= 0.6 is 31.9 Å². The largest absolute Gasteiger partial charge is 0.389 e. The van der Waals surface area contributed by atoms with Crippen LogP contribution in [0.25, 0.3) is 0 Å². The van der Waals surface area contributed by atoms with Crippen LogP contribution in [0.5, 0.6) is 0 Å². The van der Waals surface area contributed by atoms with E-state index in [4.69, 9.17) is 0 Å². The Morgan fingerprint density at radius 3 is 2.67 bits per heavy atom. The lowest BCUT2D eigenvalue weighted by Crippen LogP contribution is -2.38. The highest BCUT2D eigenvalue weighted by Gasteiger charge is 2.32. The van der Waals surface area contributed by atoms with Crippen molar-refractivity contribution in [2.45, 2.75) is 31.3 Å². The van der Waals surface area contributed by atoms with Crippen molar-refractivity contribution in [1.82, 2.24) is 0 Å². The molecule has 2 aromatic rings. The molecule has 21 heavy (non-hydrogen) atoms. The van der Waals surface area contributed by atoms with Crippen LogP contribution in [0, 0.1) is 5.82 Å². The summed E-state index contributed by atoms with van der Waals surface area (Å²) in [5.41, 5.74) is 2.68. The average molecular weight is 414 g/mol. The van der Waals surface area contributed by atoms with E-state index in [1.807, 2.05) is 6.07 Å². The van der Waals surface area contributed by atoms with Gasteiger partial charge in [-0.3, -0.25) is 0 Å². The fraction of sp³-hybridized carbons (Fsp3) is 0.294. The minimum absolute atomic E-state index is 0.267. The molecule has 0 heterocycles. The van der Waals surface area contributed by atoms with Gasteiger partial charge in [0, 0.05) is 21.8 Å². The summed E-state index contributed by atoms with van der Waals surface area (Å²) in [6.45, 7) is 0. The molecule has 3 rings (SSSR count). The number of halogens is 3. The summed E-state index contributed by atoms with van der Waals surface area (Å²) in [7, 11) is 0. The predicted octanol–water partition coefficient (Wildman–Crippen LogP) is 4.81. The van der Waals surface area contributed by atoms with Crippen molar-refractivity contribution in [1.29, 1.82) is 0 Å². The van der Waals surface area contributed by atoms with Crippen molar-refractivity contribution in [2.75, 3.05) is 0 Å². The predicted molar refractivity (Wildman–Crippen MR) is 88.9 cm³/mol. The fourth-order valence-electron chi connectivity index (χ4n) is 2.98. The smallest absolute Gasteiger partial charge is 0.124 e. The second kappa shape index (κ2) is 5.82. The molecule has 0 bridgehead atoms. The minimum atomic E-state index is -0.763. The van der Waals surface area contributed by atoms with E-state index >= 15 is 0 Å². The van der Waals surface area contributed by atoms with Gasteiger partial charge >= 0.3 is 0 Å². The maximum Gasteiger partial charge on any atom is 0.124 e. The molecular weight excluding hydrogens is 399 g/mol. The highest BCUT2D eigenvalue weighted by molar-refractivity contribution is 9.10. The molecular formula is C17H15Br2FO. The molecule has 1 unspecified atom stereocenters. The van der Waals surface area contributed by atoms with E-state index in [0.717, 1.165) is 27.4 Å². The van der Waals surface area contributed by atoms with Crippen LogP contribution in [0.1, 0.15) is 23.1 Å². The average Bonchev–Trinajstić information content (AvgIpc) is 2.43. The normalized spacial score (nSPS) is 21.1. The standard InChI is InChI=1S/C17H15Br2FO/c18-14-3-1-12-9-17(21,6-5-11(12)7-14)10-13-2-4-15(20)8-16(13)19/h1-4,7-8,21H,5-6,9-10H2. The number of hydrogen-bond acceptors (Lipinski definition) is 1. The Labute approximate surface area is 140 Å². The molecule has 0 spiro atoms. The Hall–Kier alpha value is -0.710. The van der Waals surface area contributed by atoms with Crippen LogP contribution in [0.4, 0.5) is 4.39 Å². The van der Waals surface area contributed by atoms with Gasteiger partial charge in [0.25, 0.3) is 0 Å². The lowest BCUT2D eigenvalue weighted by atomic mass is 9.77. The van der Waals surface area contributed by atoms with Crippen LogP contribution in [0.3, 0.4) is 0 Å². The van der Waals surface area contributed by atoms with E-state index < -0.39 is 5.60 Å². The van der Waals surface area contributed by atoms with E-state index in [-0.39, 0.29) is 5.82 Å². The van der Waals surface area contributed by atoms with Crippen molar-refractivity contribution in [3.05, 3.63) is 67.9 Å². The van der Waals surface area contributed by atoms with Gasteiger partial charge in [0.2, 0.25) is 0 Å². The third-order valence-corrected chi connectivity index (χ3v) is 5.31. The summed E-state index contributed by atoms with van der Waals surface area (Å²) < 4.78 is 15.0. The van der Waals surface area contributed by atoms with Crippen molar-refractivity contribution < 1.29 is 9.50 Å². The Morgan fingerprint density at radius 2 is 1.90 bits per heavy atom. The Bertz CT molecular complexity index is 686. The summed E-state index contributed by atoms with van der Waals surface area (Å²) in [6, 6.07) is 10.8. The van der Waals surface area contributed by atoms with Crippen molar-refractivity contribution >= 4 is 31.9 Å². The highest BCUT2D eigenvalue weighted by atomic mass is 79.9. The highest BCUT2D eigenvalue weighted by Crippen LogP contribution is 2.34. The van der Waals surface area contributed by atoms with E-state index in [1.54, 1.807) is 6.07 Å². The molecule has 0 fully saturated rings. The zero-order valence-electron chi connectivity index (χ0n) is 11.4. The first-order chi connectivity index (χ1) is 9.95. The van der Waals surface area contributed by atoms with E-state index in [0.29, 0.717) is 12.8 Å². The molecule has 1 N–H and O–H groups in total. The van der Waals surface area contributed by atoms with Gasteiger partial charge in [-0.25, -0.2) is 4.39 Å². The molecule has 0 aliphatic heterocycles. The number of fused-ring (bicyclic) bond motifs is 1. The molecule has 0 saturated heterocycles. The van der Waals surface area contributed by atoms with Gasteiger partial charge in [-0.15, -0.1) is 0 Å². The molecule has 110 valence electrons. The first-order valence-electron chi connectivity index (χ1n) is 6.89. The summed E-state index contributed by atoms with van der Waals surface area (Å²) in [4.78, 5) is 0. The Balaban J connectivity index is 1.84. The third-order valence-electron chi connectivity index (χ3n) is 4.08. The van der Waals surface area contributed by atoms with Gasteiger partial charge < -0.3 is 5.11 Å². The van der Waals surface area contributed by atoms with Gasteiger partial charge in [0.1, 0.15) is 5.82 Å². The lowest BCUT2D eigenvalue weighted by molar-refractivity contribution is 0.0265. The number of rotatable bonds is 2. The topological polar surface area (TPSA) is 20.2 Å². The molecule has 4 heteroatoms. The van der Waals surface area contributed by atoms with Crippen LogP contribution in [-0.2, 0) is 19.3 Å². The second-order valence-corrected chi connectivity index (χ2v) is 7.50. The molecule has 1 aliphatic carbocycles. The van der Waals surface area contributed by atoms with Crippen molar-refractivity contribution in [3.8, 4) is 0 Å². The second-order valence-electron chi connectivity index (χ2n) is 5.73. The van der Waals surface area contributed by atoms with Gasteiger partial charge in [-0.2, -0.15) is 0 Å².